The molecular formula is C22H24BrN3O2S. The molecule has 0 saturated heterocycles. The average Bonchev–Trinajstić information content (AvgIpc) is 2.71. The summed E-state index contributed by atoms with van der Waals surface area (Å²) < 4.78 is 2.89. The summed E-state index contributed by atoms with van der Waals surface area (Å²) in [5, 5.41) is 3.58. The Morgan fingerprint density at radius 1 is 1.10 bits per heavy atom. The van der Waals surface area contributed by atoms with E-state index >= 15 is 0 Å². The highest BCUT2D eigenvalue weighted by Gasteiger charge is 2.07. The molecule has 3 rings (SSSR count). The summed E-state index contributed by atoms with van der Waals surface area (Å²) in [4.78, 5) is 27.8. The predicted octanol–water partition coefficient (Wildman–Crippen LogP) is 4.74. The van der Waals surface area contributed by atoms with Gasteiger partial charge in [0, 0.05) is 24.0 Å². The van der Waals surface area contributed by atoms with Gasteiger partial charge in [0.05, 0.1) is 10.9 Å². The largest absolute Gasteiger partial charge is 0.356 e. The molecule has 0 aliphatic carbocycles. The predicted molar refractivity (Wildman–Crippen MR) is 123 cm³/mol. The standard InChI is InChI=1S/C22H24BrN3O2S/c23-17-10-11-19-18(15-17)21(28)26(22(29)25-19)14-6-2-5-9-20(27)24-13-12-16-7-3-1-4-8-16/h1,3-4,7-8,10-11,15H,2,5-6,9,12-14H2,(H,24,27)(H,25,29). The van der Waals surface area contributed by atoms with Crippen LogP contribution in [0.15, 0.2) is 57.8 Å². The van der Waals surface area contributed by atoms with Crippen LogP contribution in [0.25, 0.3) is 10.9 Å². The Hall–Kier alpha value is -2.25. The third-order valence-electron chi connectivity index (χ3n) is 4.81. The van der Waals surface area contributed by atoms with Crippen molar-refractivity contribution in [2.75, 3.05) is 6.54 Å². The third-order valence-corrected chi connectivity index (χ3v) is 5.62. The van der Waals surface area contributed by atoms with Crippen molar-refractivity contribution in [1.82, 2.24) is 14.9 Å². The van der Waals surface area contributed by atoms with E-state index in [1.165, 1.54) is 5.56 Å². The quantitative estimate of drug-likeness (QED) is 0.348. The number of aromatic nitrogens is 2. The number of amides is 1. The molecule has 29 heavy (non-hydrogen) atoms. The molecule has 5 nitrogen and oxygen atoms in total. The molecular weight excluding hydrogens is 450 g/mol. The average molecular weight is 474 g/mol. The SMILES string of the molecule is O=C(CCCCCn1c(=S)[nH]c2ccc(Br)cc2c1=O)NCCc1ccccc1. The normalized spacial score (nSPS) is 10.9. The van der Waals surface area contributed by atoms with Crippen LogP contribution in [0.2, 0.25) is 0 Å². The number of rotatable bonds is 9. The van der Waals surface area contributed by atoms with Crippen molar-refractivity contribution in [3.63, 3.8) is 0 Å². The molecule has 0 saturated carbocycles. The molecule has 0 aliphatic rings. The summed E-state index contributed by atoms with van der Waals surface area (Å²) >= 11 is 8.74. The number of halogens is 1. The lowest BCUT2D eigenvalue weighted by molar-refractivity contribution is -0.121. The van der Waals surface area contributed by atoms with Crippen molar-refractivity contribution >= 4 is 45.0 Å². The molecule has 3 aromatic rings. The smallest absolute Gasteiger partial charge is 0.262 e. The Bertz CT molecular complexity index is 1090. The summed E-state index contributed by atoms with van der Waals surface area (Å²) in [7, 11) is 0. The molecule has 1 heterocycles. The zero-order valence-corrected chi connectivity index (χ0v) is 18.5. The van der Waals surface area contributed by atoms with Crippen molar-refractivity contribution < 1.29 is 4.79 Å². The first-order valence-corrected chi connectivity index (χ1v) is 11.0. The molecule has 152 valence electrons. The van der Waals surface area contributed by atoms with Crippen molar-refractivity contribution in [3.05, 3.63) is 73.7 Å². The maximum Gasteiger partial charge on any atom is 0.262 e. The fraction of sp³-hybridized carbons (Fsp3) is 0.318. The highest BCUT2D eigenvalue weighted by atomic mass is 79.9. The number of unbranched alkanes of at least 4 members (excludes halogenated alkanes) is 2. The number of carbonyl (C=O) groups excluding carboxylic acids is 1. The minimum absolute atomic E-state index is 0.0749. The van der Waals surface area contributed by atoms with Gasteiger partial charge in [-0.2, -0.15) is 0 Å². The van der Waals surface area contributed by atoms with Gasteiger partial charge in [-0.15, -0.1) is 0 Å². The van der Waals surface area contributed by atoms with Gasteiger partial charge >= 0.3 is 0 Å². The number of nitrogens with one attached hydrogen (secondary N) is 2. The van der Waals surface area contributed by atoms with Crippen LogP contribution in [0.4, 0.5) is 0 Å². The molecule has 7 heteroatoms. The summed E-state index contributed by atoms with van der Waals surface area (Å²) in [6.07, 6.45) is 3.80. The molecule has 0 bridgehead atoms. The van der Waals surface area contributed by atoms with Gasteiger partial charge in [0.1, 0.15) is 0 Å². The van der Waals surface area contributed by atoms with Gasteiger partial charge in [0.15, 0.2) is 4.77 Å². The van der Waals surface area contributed by atoms with Gasteiger partial charge in [-0.3, -0.25) is 14.2 Å². The van der Waals surface area contributed by atoms with Crippen LogP contribution in [0.1, 0.15) is 31.2 Å². The van der Waals surface area contributed by atoms with Crippen LogP contribution < -0.4 is 10.9 Å². The van der Waals surface area contributed by atoms with Gasteiger partial charge in [0.25, 0.3) is 5.56 Å². The van der Waals surface area contributed by atoms with Crippen LogP contribution in [0, 0.1) is 4.77 Å². The summed E-state index contributed by atoms with van der Waals surface area (Å²) in [5.41, 5.74) is 1.88. The molecule has 0 unspecified atom stereocenters. The number of fused-ring (bicyclic) bond motifs is 1. The first kappa shape index (κ1) is 21.5. The minimum Gasteiger partial charge on any atom is -0.356 e. The third kappa shape index (κ3) is 6.11. The van der Waals surface area contributed by atoms with Crippen molar-refractivity contribution in [3.8, 4) is 0 Å². The van der Waals surface area contributed by atoms with E-state index in [4.69, 9.17) is 12.2 Å². The molecule has 0 spiro atoms. The number of aromatic amines is 1. The Labute approximate surface area is 183 Å². The number of nitrogens with zero attached hydrogens (tertiary/aromatic N) is 1. The summed E-state index contributed by atoms with van der Waals surface area (Å²) in [6.45, 7) is 1.20. The van der Waals surface area contributed by atoms with E-state index in [2.05, 4.69) is 38.4 Å². The van der Waals surface area contributed by atoms with E-state index in [0.29, 0.717) is 29.7 Å². The first-order valence-electron chi connectivity index (χ1n) is 9.77. The number of hydrogen-bond acceptors (Lipinski definition) is 3. The van der Waals surface area contributed by atoms with Crippen LogP contribution in [-0.4, -0.2) is 22.0 Å². The van der Waals surface area contributed by atoms with Gasteiger partial charge < -0.3 is 10.3 Å². The number of hydrogen-bond donors (Lipinski definition) is 2. The van der Waals surface area contributed by atoms with Crippen LogP contribution in [-0.2, 0) is 17.8 Å². The number of carbonyl (C=O) groups is 1. The Morgan fingerprint density at radius 3 is 2.69 bits per heavy atom. The maximum absolute atomic E-state index is 12.7. The molecule has 0 atom stereocenters. The Kier molecular flexibility index (Phi) is 7.77. The van der Waals surface area contributed by atoms with Crippen LogP contribution in [0.5, 0.6) is 0 Å². The highest BCUT2D eigenvalue weighted by Crippen LogP contribution is 2.15. The molecule has 0 radical (unpaired) electrons. The van der Waals surface area contributed by atoms with E-state index in [0.717, 1.165) is 35.7 Å². The molecule has 0 aliphatic heterocycles. The summed E-state index contributed by atoms with van der Waals surface area (Å²) in [6, 6.07) is 15.6. The van der Waals surface area contributed by atoms with Crippen molar-refractivity contribution in [1.29, 1.82) is 0 Å². The van der Waals surface area contributed by atoms with Crippen LogP contribution in [0.3, 0.4) is 0 Å². The zero-order chi connectivity index (χ0) is 20.6. The van der Waals surface area contributed by atoms with Gasteiger partial charge in [-0.25, -0.2) is 0 Å². The van der Waals surface area contributed by atoms with E-state index in [1.54, 1.807) is 10.6 Å². The lowest BCUT2D eigenvalue weighted by Gasteiger charge is -2.09. The van der Waals surface area contributed by atoms with E-state index in [-0.39, 0.29) is 11.5 Å². The number of benzene rings is 2. The number of H-pyrrole nitrogens is 1. The van der Waals surface area contributed by atoms with Gasteiger partial charge in [-0.1, -0.05) is 52.7 Å². The fourth-order valence-corrected chi connectivity index (χ4v) is 3.88. The highest BCUT2D eigenvalue weighted by molar-refractivity contribution is 9.10. The van der Waals surface area contributed by atoms with E-state index < -0.39 is 0 Å². The first-order chi connectivity index (χ1) is 14.0. The minimum atomic E-state index is -0.0799. The molecule has 1 aromatic heterocycles. The monoisotopic (exact) mass is 473 g/mol. The Balaban J connectivity index is 1.42. The lowest BCUT2D eigenvalue weighted by Crippen LogP contribution is -2.25. The van der Waals surface area contributed by atoms with E-state index in [9.17, 15) is 9.59 Å². The molecule has 2 aromatic carbocycles. The van der Waals surface area contributed by atoms with Crippen molar-refractivity contribution in [2.45, 2.75) is 38.6 Å². The van der Waals surface area contributed by atoms with Crippen LogP contribution >= 0.6 is 28.1 Å². The van der Waals surface area contributed by atoms with E-state index in [1.807, 2.05) is 30.3 Å². The van der Waals surface area contributed by atoms with Gasteiger partial charge in [0.2, 0.25) is 5.91 Å². The van der Waals surface area contributed by atoms with Crippen molar-refractivity contribution in [2.24, 2.45) is 0 Å². The fourth-order valence-electron chi connectivity index (χ4n) is 3.24. The second-order valence-electron chi connectivity index (χ2n) is 6.97. The van der Waals surface area contributed by atoms with Gasteiger partial charge in [-0.05, 0) is 55.2 Å². The molecule has 0 fully saturated rings. The summed E-state index contributed by atoms with van der Waals surface area (Å²) in [5.74, 6) is 0.0749. The topological polar surface area (TPSA) is 66.9 Å². The second kappa shape index (κ2) is 10.5. The maximum atomic E-state index is 12.7. The molecule has 1 amide bonds. The second-order valence-corrected chi connectivity index (χ2v) is 8.28. The zero-order valence-electron chi connectivity index (χ0n) is 16.1. The lowest BCUT2D eigenvalue weighted by atomic mass is 10.1. The Morgan fingerprint density at radius 2 is 1.90 bits per heavy atom. The molecule has 2 N–H and O–H groups in total.